The summed E-state index contributed by atoms with van der Waals surface area (Å²) < 4.78 is 36.9. The SMILES string of the molecule is CC(C)NC(=O)[C@@H](C)N(Cc1ccc(Cl)c(Cl)c1)C(=O)CCCN(c1ccc2c(c1)OCO2)S(C)(=O)=O. The Bertz CT molecular complexity index is 1250. The summed E-state index contributed by atoms with van der Waals surface area (Å²) in [6.45, 7) is 5.61. The van der Waals surface area contributed by atoms with Crippen molar-refractivity contribution >= 4 is 50.7 Å². The lowest BCUT2D eigenvalue weighted by atomic mass is 10.1. The maximum Gasteiger partial charge on any atom is 0.242 e. The molecule has 202 valence electrons. The van der Waals surface area contributed by atoms with E-state index >= 15 is 0 Å². The number of anilines is 1. The van der Waals surface area contributed by atoms with Crippen molar-refractivity contribution in [1.29, 1.82) is 0 Å². The number of carbonyl (C=O) groups is 2. The second-order valence-electron chi connectivity index (χ2n) is 9.09. The Morgan fingerprint density at radius 3 is 2.38 bits per heavy atom. The van der Waals surface area contributed by atoms with Crippen LogP contribution in [0, 0.1) is 0 Å². The molecule has 2 amide bonds. The summed E-state index contributed by atoms with van der Waals surface area (Å²) in [7, 11) is -3.63. The molecular weight excluding hydrogens is 541 g/mol. The number of hydrogen-bond acceptors (Lipinski definition) is 6. The third kappa shape index (κ3) is 7.66. The van der Waals surface area contributed by atoms with Crippen molar-refractivity contribution in [3.63, 3.8) is 0 Å². The molecule has 0 radical (unpaired) electrons. The van der Waals surface area contributed by atoms with Crippen LogP contribution in [0.25, 0.3) is 0 Å². The van der Waals surface area contributed by atoms with E-state index in [1.807, 2.05) is 13.8 Å². The number of rotatable bonds is 11. The van der Waals surface area contributed by atoms with Gasteiger partial charge >= 0.3 is 0 Å². The summed E-state index contributed by atoms with van der Waals surface area (Å²) in [6, 6.07) is 9.05. The minimum Gasteiger partial charge on any atom is -0.454 e. The summed E-state index contributed by atoms with van der Waals surface area (Å²) >= 11 is 12.2. The Morgan fingerprint density at radius 1 is 1.03 bits per heavy atom. The van der Waals surface area contributed by atoms with Crippen LogP contribution in [0.3, 0.4) is 0 Å². The monoisotopic (exact) mass is 571 g/mol. The van der Waals surface area contributed by atoms with E-state index in [1.165, 1.54) is 9.21 Å². The Morgan fingerprint density at radius 2 is 1.73 bits per heavy atom. The number of ether oxygens (including phenoxy) is 2. The maximum atomic E-state index is 13.3. The molecule has 3 rings (SSSR count). The van der Waals surface area contributed by atoms with E-state index in [0.29, 0.717) is 32.8 Å². The van der Waals surface area contributed by atoms with Gasteiger partial charge in [0.15, 0.2) is 11.5 Å². The minimum absolute atomic E-state index is 0.0250. The fourth-order valence-electron chi connectivity index (χ4n) is 3.87. The van der Waals surface area contributed by atoms with Crippen LogP contribution in [-0.2, 0) is 26.2 Å². The summed E-state index contributed by atoms with van der Waals surface area (Å²) in [5, 5.41) is 3.56. The van der Waals surface area contributed by atoms with E-state index in [4.69, 9.17) is 32.7 Å². The highest BCUT2D eigenvalue weighted by molar-refractivity contribution is 7.92. The summed E-state index contributed by atoms with van der Waals surface area (Å²) in [4.78, 5) is 27.5. The molecule has 2 aromatic rings. The van der Waals surface area contributed by atoms with E-state index < -0.39 is 16.1 Å². The first-order valence-electron chi connectivity index (χ1n) is 11.8. The lowest BCUT2D eigenvalue weighted by Crippen LogP contribution is -2.49. The van der Waals surface area contributed by atoms with E-state index in [0.717, 1.165) is 6.26 Å². The molecule has 1 aliphatic heterocycles. The van der Waals surface area contributed by atoms with Crippen molar-refractivity contribution in [1.82, 2.24) is 10.2 Å². The summed E-state index contributed by atoms with van der Waals surface area (Å²) in [5.74, 6) is 0.414. The molecule has 1 N–H and O–H groups in total. The lowest BCUT2D eigenvalue weighted by Gasteiger charge is -2.30. The molecule has 0 spiro atoms. The molecule has 0 saturated carbocycles. The van der Waals surface area contributed by atoms with Crippen LogP contribution in [-0.4, -0.2) is 56.8 Å². The van der Waals surface area contributed by atoms with Crippen LogP contribution in [0.15, 0.2) is 36.4 Å². The summed E-state index contributed by atoms with van der Waals surface area (Å²) in [6.07, 6.45) is 1.36. The van der Waals surface area contributed by atoms with E-state index in [1.54, 1.807) is 43.3 Å². The highest BCUT2D eigenvalue weighted by Gasteiger charge is 2.27. The second-order valence-corrected chi connectivity index (χ2v) is 11.8. The van der Waals surface area contributed by atoms with Gasteiger partial charge in [-0.3, -0.25) is 13.9 Å². The van der Waals surface area contributed by atoms with Gasteiger partial charge in [0.2, 0.25) is 28.6 Å². The van der Waals surface area contributed by atoms with Crippen LogP contribution < -0.4 is 19.1 Å². The first-order chi connectivity index (χ1) is 17.4. The minimum atomic E-state index is -3.63. The molecule has 0 unspecified atom stereocenters. The first-order valence-corrected chi connectivity index (χ1v) is 14.4. The second kappa shape index (κ2) is 12.2. The molecule has 0 fully saturated rings. The van der Waals surface area contributed by atoms with Crippen LogP contribution in [0.1, 0.15) is 39.2 Å². The zero-order valence-corrected chi connectivity index (χ0v) is 23.5. The third-order valence-electron chi connectivity index (χ3n) is 5.73. The van der Waals surface area contributed by atoms with E-state index in [9.17, 15) is 18.0 Å². The van der Waals surface area contributed by atoms with Gasteiger partial charge in [-0.15, -0.1) is 0 Å². The fraction of sp³-hybridized carbons (Fsp3) is 0.440. The zero-order valence-electron chi connectivity index (χ0n) is 21.2. The first kappa shape index (κ1) is 28.9. The largest absolute Gasteiger partial charge is 0.454 e. The number of nitrogens with one attached hydrogen (secondary N) is 1. The molecule has 0 saturated heterocycles. The molecule has 12 heteroatoms. The van der Waals surface area contributed by atoms with Gasteiger partial charge in [-0.1, -0.05) is 29.3 Å². The van der Waals surface area contributed by atoms with Crippen LogP contribution in [0.2, 0.25) is 10.0 Å². The highest BCUT2D eigenvalue weighted by Crippen LogP contribution is 2.36. The number of sulfonamides is 1. The predicted molar refractivity (Wildman–Crippen MR) is 144 cm³/mol. The van der Waals surface area contributed by atoms with Gasteiger partial charge in [0, 0.05) is 31.6 Å². The lowest BCUT2D eigenvalue weighted by molar-refractivity contribution is -0.140. The van der Waals surface area contributed by atoms with Crippen molar-refractivity contribution in [3.05, 3.63) is 52.0 Å². The topological polar surface area (TPSA) is 105 Å². The van der Waals surface area contributed by atoms with Gasteiger partial charge in [-0.05, 0) is 57.0 Å². The van der Waals surface area contributed by atoms with E-state index in [2.05, 4.69) is 5.32 Å². The third-order valence-corrected chi connectivity index (χ3v) is 7.66. The van der Waals surface area contributed by atoms with Crippen molar-refractivity contribution in [2.45, 2.75) is 52.2 Å². The maximum absolute atomic E-state index is 13.3. The average Bonchev–Trinajstić information content (AvgIpc) is 3.28. The van der Waals surface area contributed by atoms with Crippen LogP contribution in [0.5, 0.6) is 11.5 Å². The van der Waals surface area contributed by atoms with Gasteiger partial charge in [0.05, 0.1) is 22.0 Å². The van der Waals surface area contributed by atoms with Gasteiger partial charge in [-0.25, -0.2) is 8.42 Å². The van der Waals surface area contributed by atoms with Crippen molar-refractivity contribution in [3.8, 4) is 11.5 Å². The Kier molecular flexibility index (Phi) is 9.55. The molecule has 0 aromatic heterocycles. The Labute approximate surface area is 227 Å². The number of nitrogens with zero attached hydrogens (tertiary/aromatic N) is 2. The zero-order chi connectivity index (χ0) is 27.3. The van der Waals surface area contributed by atoms with E-state index in [-0.39, 0.29) is 50.6 Å². The summed E-state index contributed by atoms with van der Waals surface area (Å²) in [5.41, 5.74) is 1.13. The Hall–Kier alpha value is -2.69. The standard InChI is InChI=1S/C25H31Cl2N3O6S/c1-16(2)28-25(32)17(3)29(14-18-7-9-20(26)21(27)12-18)24(31)6-5-11-30(37(4,33)34)19-8-10-22-23(13-19)36-15-35-22/h7-10,12-13,16-17H,5-6,11,14-15H2,1-4H3,(H,28,32)/t17-/m1/s1. The van der Waals surface area contributed by atoms with Crippen molar-refractivity contribution < 1.29 is 27.5 Å². The molecule has 0 aliphatic carbocycles. The number of benzene rings is 2. The van der Waals surface area contributed by atoms with Crippen molar-refractivity contribution in [2.24, 2.45) is 0 Å². The average molecular weight is 573 g/mol. The number of fused-ring (bicyclic) bond motifs is 1. The molecular formula is C25H31Cl2N3O6S. The predicted octanol–water partition coefficient (Wildman–Crippen LogP) is 4.21. The number of hydrogen-bond donors (Lipinski definition) is 1. The fourth-order valence-corrected chi connectivity index (χ4v) is 5.14. The van der Waals surface area contributed by atoms with Crippen molar-refractivity contribution in [2.75, 3.05) is 23.9 Å². The number of amides is 2. The molecule has 1 atom stereocenters. The number of halogens is 2. The molecule has 9 nitrogen and oxygen atoms in total. The highest BCUT2D eigenvalue weighted by atomic mass is 35.5. The molecule has 37 heavy (non-hydrogen) atoms. The van der Waals surface area contributed by atoms with Gasteiger partial charge in [0.25, 0.3) is 0 Å². The normalized spacial score (nSPS) is 13.4. The van der Waals surface area contributed by atoms with Crippen LogP contribution >= 0.6 is 23.2 Å². The van der Waals surface area contributed by atoms with Gasteiger partial charge < -0.3 is 19.7 Å². The molecule has 1 heterocycles. The quantitative estimate of drug-likeness (QED) is 0.433. The van der Waals surface area contributed by atoms with Gasteiger partial charge in [-0.2, -0.15) is 0 Å². The van der Waals surface area contributed by atoms with Crippen LogP contribution in [0.4, 0.5) is 5.69 Å². The number of carbonyl (C=O) groups excluding carboxylic acids is 2. The molecule has 2 aromatic carbocycles. The molecule has 0 bridgehead atoms. The Balaban J connectivity index is 1.75. The smallest absolute Gasteiger partial charge is 0.242 e. The van der Waals surface area contributed by atoms with Gasteiger partial charge in [0.1, 0.15) is 6.04 Å². The molecule has 1 aliphatic rings.